The van der Waals surface area contributed by atoms with Crippen LogP contribution in [0.3, 0.4) is 0 Å². The first-order valence-electron chi connectivity index (χ1n) is 13.0. The minimum Gasteiger partial charge on any atom is -0.504 e. The Hall–Kier alpha value is -3.83. The van der Waals surface area contributed by atoms with Crippen molar-refractivity contribution in [2.45, 2.75) is 52.0 Å². The van der Waals surface area contributed by atoms with E-state index in [1.54, 1.807) is 18.3 Å². The Morgan fingerprint density at radius 2 is 1.92 bits per heavy atom. The van der Waals surface area contributed by atoms with Crippen LogP contribution in [-0.2, 0) is 0 Å². The number of urea groups is 1. The van der Waals surface area contributed by atoms with Crippen molar-refractivity contribution < 1.29 is 14.3 Å². The quantitative estimate of drug-likeness (QED) is 0.265. The Balaban J connectivity index is 1.31. The van der Waals surface area contributed by atoms with Crippen molar-refractivity contribution in [3.8, 4) is 17.2 Å². The van der Waals surface area contributed by atoms with Crippen LogP contribution in [0.25, 0.3) is 15.7 Å². The number of anilines is 1. The van der Waals surface area contributed by atoms with Gasteiger partial charge in [-0.1, -0.05) is 0 Å². The maximum Gasteiger partial charge on any atom is 0.319 e. The van der Waals surface area contributed by atoms with Crippen LogP contribution in [0.15, 0.2) is 36.5 Å². The van der Waals surface area contributed by atoms with Gasteiger partial charge in [0.2, 0.25) is 5.69 Å². The molecule has 2 aliphatic rings. The number of carbonyl (C=O) groups excluding carboxylic acids is 1. The number of amides is 2. The lowest BCUT2D eigenvalue weighted by Crippen LogP contribution is -2.30. The van der Waals surface area contributed by atoms with Gasteiger partial charge in [0, 0.05) is 29.9 Å². The van der Waals surface area contributed by atoms with E-state index in [9.17, 15) is 4.79 Å². The Kier molecular flexibility index (Phi) is 7.42. The van der Waals surface area contributed by atoms with E-state index in [-0.39, 0.29) is 6.03 Å². The van der Waals surface area contributed by atoms with Gasteiger partial charge in [0.05, 0.1) is 18.7 Å². The van der Waals surface area contributed by atoms with Crippen LogP contribution in [0.5, 0.6) is 17.2 Å². The number of aromatic nitrogens is 1. The fourth-order valence-electron chi connectivity index (χ4n) is 4.64. The van der Waals surface area contributed by atoms with Crippen molar-refractivity contribution >= 4 is 28.3 Å². The fourth-order valence-corrected chi connectivity index (χ4v) is 4.64. The molecule has 8 heteroatoms. The highest BCUT2D eigenvalue weighted by Gasteiger charge is 2.23. The van der Waals surface area contributed by atoms with E-state index < -0.39 is 0 Å². The molecule has 3 aromatic rings. The Bertz CT molecular complexity index is 1340. The summed E-state index contributed by atoms with van der Waals surface area (Å²) < 4.78 is 12.3. The van der Waals surface area contributed by atoms with Gasteiger partial charge >= 0.3 is 6.03 Å². The highest BCUT2D eigenvalue weighted by atomic mass is 16.5. The largest absolute Gasteiger partial charge is 0.504 e. The topological polar surface area (TPSA) is 80.1 Å². The maximum atomic E-state index is 12.2. The van der Waals surface area contributed by atoms with Crippen LogP contribution in [0.1, 0.15) is 43.2 Å². The van der Waals surface area contributed by atoms with E-state index in [0.717, 1.165) is 48.0 Å². The summed E-state index contributed by atoms with van der Waals surface area (Å²) in [6.07, 6.45) is 7.27. The third kappa shape index (κ3) is 5.95. The molecular weight excluding hydrogens is 466 g/mol. The summed E-state index contributed by atoms with van der Waals surface area (Å²) in [6.45, 7) is 15.6. The molecule has 0 atom stereocenters. The first kappa shape index (κ1) is 24.8. The second-order valence-corrected chi connectivity index (χ2v) is 9.84. The highest BCUT2D eigenvalue weighted by molar-refractivity contribution is 5.92. The SMILES string of the molecule is [C-]#[N+]c1cc2c(Oc3ccc(NC(=O)NC4CC4)c(C)c3C)ccnc2cc1OCCCN1CCCC1. The molecule has 1 aliphatic heterocycles. The van der Waals surface area contributed by atoms with E-state index in [2.05, 4.69) is 25.4 Å². The van der Waals surface area contributed by atoms with Gasteiger partial charge in [0.1, 0.15) is 17.2 Å². The molecule has 0 bridgehead atoms. The number of carbonyl (C=O) groups is 1. The number of nitrogens with one attached hydrogen (secondary N) is 2. The van der Waals surface area contributed by atoms with E-state index >= 15 is 0 Å². The normalized spacial score (nSPS) is 15.4. The van der Waals surface area contributed by atoms with Crippen LogP contribution in [0, 0.1) is 20.4 Å². The molecule has 2 heterocycles. The van der Waals surface area contributed by atoms with Crippen molar-refractivity contribution in [2.75, 3.05) is 31.6 Å². The summed E-state index contributed by atoms with van der Waals surface area (Å²) in [5.74, 6) is 1.86. The van der Waals surface area contributed by atoms with Gasteiger partial charge in [0.15, 0.2) is 0 Å². The summed E-state index contributed by atoms with van der Waals surface area (Å²) in [4.78, 5) is 22.8. The number of fused-ring (bicyclic) bond motifs is 1. The molecule has 5 rings (SSSR count). The van der Waals surface area contributed by atoms with Crippen LogP contribution >= 0.6 is 0 Å². The Labute approximate surface area is 217 Å². The number of ether oxygens (including phenoxy) is 2. The van der Waals surface area contributed by atoms with E-state index in [4.69, 9.17) is 16.0 Å². The number of hydrogen-bond acceptors (Lipinski definition) is 5. The average molecular weight is 500 g/mol. The molecule has 1 aromatic heterocycles. The zero-order valence-corrected chi connectivity index (χ0v) is 21.5. The molecule has 1 saturated carbocycles. The predicted octanol–water partition coefficient (Wildman–Crippen LogP) is 6.34. The lowest BCUT2D eigenvalue weighted by molar-refractivity contribution is 0.251. The molecule has 8 nitrogen and oxygen atoms in total. The average Bonchev–Trinajstić information content (AvgIpc) is 3.55. The van der Waals surface area contributed by atoms with Crippen molar-refractivity contribution in [2.24, 2.45) is 0 Å². The smallest absolute Gasteiger partial charge is 0.319 e. The summed E-state index contributed by atoms with van der Waals surface area (Å²) in [5, 5.41) is 6.63. The predicted molar refractivity (Wildman–Crippen MR) is 145 cm³/mol. The van der Waals surface area contributed by atoms with Crippen LogP contribution in [0.2, 0.25) is 0 Å². The van der Waals surface area contributed by atoms with Gasteiger partial charge in [-0.2, -0.15) is 0 Å². The number of likely N-dealkylation sites (tertiary alicyclic amines) is 1. The molecule has 0 unspecified atom stereocenters. The Morgan fingerprint density at radius 1 is 1.11 bits per heavy atom. The fraction of sp³-hybridized carbons (Fsp3) is 0.414. The summed E-state index contributed by atoms with van der Waals surface area (Å²) >= 11 is 0. The molecule has 37 heavy (non-hydrogen) atoms. The minimum absolute atomic E-state index is 0.181. The number of rotatable bonds is 9. The number of pyridine rings is 1. The van der Waals surface area contributed by atoms with E-state index in [1.807, 2.05) is 32.0 Å². The first-order valence-corrected chi connectivity index (χ1v) is 13.0. The first-order chi connectivity index (χ1) is 18.0. The van der Waals surface area contributed by atoms with Crippen LogP contribution < -0.4 is 20.1 Å². The molecule has 1 saturated heterocycles. The molecule has 2 aromatic carbocycles. The van der Waals surface area contributed by atoms with Crippen LogP contribution in [0.4, 0.5) is 16.2 Å². The van der Waals surface area contributed by atoms with Gasteiger partial charge in [-0.25, -0.2) is 9.64 Å². The summed E-state index contributed by atoms with van der Waals surface area (Å²) in [6, 6.07) is 9.25. The van der Waals surface area contributed by atoms with Gasteiger partial charge in [0.25, 0.3) is 0 Å². The third-order valence-electron chi connectivity index (χ3n) is 7.10. The lowest BCUT2D eigenvalue weighted by Gasteiger charge is -2.17. The van der Waals surface area contributed by atoms with Crippen molar-refractivity contribution in [1.29, 1.82) is 0 Å². The van der Waals surface area contributed by atoms with Gasteiger partial charge in [-0.05, 0) is 100 Å². The zero-order chi connectivity index (χ0) is 25.8. The van der Waals surface area contributed by atoms with Gasteiger partial charge < -0.3 is 25.0 Å². The molecular formula is C29H33N5O3. The van der Waals surface area contributed by atoms with Gasteiger partial charge in [-0.15, -0.1) is 0 Å². The van der Waals surface area contributed by atoms with Crippen molar-refractivity contribution in [3.63, 3.8) is 0 Å². The van der Waals surface area contributed by atoms with E-state index in [1.165, 1.54) is 25.9 Å². The van der Waals surface area contributed by atoms with Crippen molar-refractivity contribution in [3.05, 3.63) is 59.1 Å². The number of nitrogens with zero attached hydrogens (tertiary/aromatic N) is 3. The minimum atomic E-state index is -0.181. The number of benzene rings is 2. The molecule has 192 valence electrons. The maximum absolute atomic E-state index is 12.2. The molecule has 2 amide bonds. The summed E-state index contributed by atoms with van der Waals surface area (Å²) in [7, 11) is 0. The monoisotopic (exact) mass is 499 g/mol. The number of hydrogen-bond donors (Lipinski definition) is 2. The Morgan fingerprint density at radius 3 is 2.68 bits per heavy atom. The molecule has 1 aliphatic carbocycles. The zero-order valence-electron chi connectivity index (χ0n) is 21.5. The van der Waals surface area contributed by atoms with E-state index in [0.29, 0.717) is 41.1 Å². The molecule has 0 spiro atoms. The molecule has 2 N–H and O–H groups in total. The highest BCUT2D eigenvalue weighted by Crippen LogP contribution is 2.39. The van der Waals surface area contributed by atoms with Crippen molar-refractivity contribution in [1.82, 2.24) is 15.2 Å². The third-order valence-corrected chi connectivity index (χ3v) is 7.10. The standard InChI is InChI=1S/C29H33N5O3/c1-19-20(2)26(10-9-23(19)33-29(35)32-21-7-8-21)37-27-11-12-31-24-18-28(25(30-3)17-22(24)27)36-16-6-15-34-13-4-5-14-34/h9-12,17-18,21H,4-8,13-16H2,1-2H3,(H2,32,33,35). The lowest BCUT2D eigenvalue weighted by atomic mass is 10.1. The molecule has 0 radical (unpaired) electrons. The van der Waals surface area contributed by atoms with Gasteiger partial charge in [-0.3, -0.25) is 4.98 Å². The second kappa shape index (κ2) is 11.1. The molecule has 2 fully saturated rings. The summed E-state index contributed by atoms with van der Waals surface area (Å²) in [5.41, 5.74) is 3.78. The van der Waals surface area contributed by atoms with Crippen LogP contribution in [-0.4, -0.2) is 48.2 Å². The second-order valence-electron chi connectivity index (χ2n) is 9.84.